The predicted molar refractivity (Wildman–Crippen MR) is 71.1 cm³/mol. The topological polar surface area (TPSA) is 17.1 Å². The van der Waals surface area contributed by atoms with Gasteiger partial charge in [0.1, 0.15) is 0 Å². The van der Waals surface area contributed by atoms with Crippen LogP contribution in [0.5, 0.6) is 0 Å². The third kappa shape index (κ3) is 3.43. The fourth-order valence-electron chi connectivity index (χ4n) is 1.74. The summed E-state index contributed by atoms with van der Waals surface area (Å²) < 4.78 is 0. The van der Waals surface area contributed by atoms with Crippen LogP contribution in [0.1, 0.15) is 12.0 Å². The van der Waals surface area contributed by atoms with E-state index in [0.29, 0.717) is 12.8 Å². The van der Waals surface area contributed by atoms with E-state index in [1.54, 1.807) is 0 Å². The van der Waals surface area contributed by atoms with Gasteiger partial charge >= 0.3 is 0 Å². The average Bonchev–Trinajstić information content (AvgIpc) is 2.38. The van der Waals surface area contributed by atoms with Crippen molar-refractivity contribution in [2.24, 2.45) is 0 Å². The van der Waals surface area contributed by atoms with Gasteiger partial charge in [0.15, 0.2) is 0 Å². The van der Waals surface area contributed by atoms with Crippen molar-refractivity contribution in [1.82, 2.24) is 0 Å². The van der Waals surface area contributed by atoms with E-state index in [2.05, 4.69) is 24.3 Å². The van der Waals surface area contributed by atoms with Crippen molar-refractivity contribution in [2.45, 2.75) is 12.8 Å². The van der Waals surface area contributed by atoms with Crippen LogP contribution >= 0.6 is 11.6 Å². The molecule has 1 nitrogen and oxygen atoms in total. The fourth-order valence-corrected chi connectivity index (χ4v) is 1.83. The highest BCUT2D eigenvalue weighted by Crippen LogP contribution is 2.19. The van der Waals surface area contributed by atoms with Gasteiger partial charge < -0.3 is 0 Å². The van der Waals surface area contributed by atoms with Gasteiger partial charge in [0.2, 0.25) is 5.24 Å². The molecule has 0 aliphatic carbocycles. The molecule has 2 rings (SSSR count). The van der Waals surface area contributed by atoms with E-state index in [1.807, 2.05) is 30.3 Å². The smallest absolute Gasteiger partial charge is 0.221 e. The summed E-state index contributed by atoms with van der Waals surface area (Å²) >= 11 is 5.32. The lowest BCUT2D eigenvalue weighted by molar-refractivity contribution is -0.111. The Morgan fingerprint density at radius 3 is 2.06 bits per heavy atom. The molecule has 2 aromatic rings. The Morgan fingerprint density at radius 2 is 1.47 bits per heavy atom. The molecule has 0 atom stereocenters. The molecule has 0 saturated carbocycles. The monoisotopic (exact) mass is 244 g/mol. The second kappa shape index (κ2) is 5.65. The molecule has 0 aromatic heterocycles. The van der Waals surface area contributed by atoms with Gasteiger partial charge in [-0.2, -0.15) is 0 Å². The van der Waals surface area contributed by atoms with Crippen molar-refractivity contribution in [1.29, 1.82) is 0 Å². The Hall–Kier alpha value is -1.60. The molecule has 0 fully saturated rings. The Labute approximate surface area is 106 Å². The minimum atomic E-state index is -0.280. The number of benzene rings is 2. The van der Waals surface area contributed by atoms with Crippen LogP contribution in [0.15, 0.2) is 54.6 Å². The maximum absolute atomic E-state index is 10.7. The number of rotatable bonds is 4. The standard InChI is InChI=1S/C15H13ClO/c16-15(17)11-8-12-6-9-14(10-7-12)13-4-2-1-3-5-13/h1-7,9-10H,8,11H2. The number of halogens is 1. The van der Waals surface area contributed by atoms with E-state index in [4.69, 9.17) is 11.6 Å². The highest BCUT2D eigenvalue weighted by Gasteiger charge is 2.00. The molecule has 0 N–H and O–H groups in total. The van der Waals surface area contributed by atoms with Gasteiger partial charge in [0.05, 0.1) is 0 Å². The summed E-state index contributed by atoms with van der Waals surface area (Å²) in [7, 11) is 0. The molecule has 0 radical (unpaired) electrons. The van der Waals surface area contributed by atoms with Crippen LogP contribution < -0.4 is 0 Å². The average molecular weight is 245 g/mol. The number of carbonyl (C=O) groups is 1. The van der Waals surface area contributed by atoms with Crippen LogP contribution in [-0.4, -0.2) is 5.24 Å². The summed E-state index contributed by atoms with van der Waals surface area (Å²) in [6.45, 7) is 0. The zero-order valence-corrected chi connectivity index (χ0v) is 10.2. The molecule has 0 saturated heterocycles. The van der Waals surface area contributed by atoms with Gasteiger partial charge in [-0.15, -0.1) is 0 Å². The zero-order valence-electron chi connectivity index (χ0n) is 9.40. The molecule has 0 amide bonds. The number of hydrogen-bond donors (Lipinski definition) is 0. The third-order valence-electron chi connectivity index (χ3n) is 2.67. The maximum Gasteiger partial charge on any atom is 0.221 e. The van der Waals surface area contributed by atoms with Crippen molar-refractivity contribution in [3.8, 4) is 11.1 Å². The van der Waals surface area contributed by atoms with E-state index < -0.39 is 0 Å². The van der Waals surface area contributed by atoms with Crippen molar-refractivity contribution >= 4 is 16.8 Å². The molecule has 0 aliphatic rings. The highest BCUT2D eigenvalue weighted by molar-refractivity contribution is 6.63. The summed E-state index contributed by atoms with van der Waals surface area (Å²) in [4.78, 5) is 10.7. The molecular formula is C15H13ClO. The molecule has 2 aromatic carbocycles. The summed E-state index contributed by atoms with van der Waals surface area (Å²) in [6, 6.07) is 18.4. The first-order chi connectivity index (χ1) is 8.25. The Kier molecular flexibility index (Phi) is 3.94. The van der Waals surface area contributed by atoms with E-state index in [9.17, 15) is 4.79 Å². The van der Waals surface area contributed by atoms with Gasteiger partial charge in [0.25, 0.3) is 0 Å². The van der Waals surface area contributed by atoms with Crippen LogP contribution in [0, 0.1) is 0 Å². The third-order valence-corrected chi connectivity index (χ3v) is 2.86. The summed E-state index contributed by atoms with van der Waals surface area (Å²) in [6.07, 6.45) is 1.10. The second-order valence-electron chi connectivity index (χ2n) is 3.92. The molecule has 0 heterocycles. The minimum absolute atomic E-state index is 0.280. The molecular weight excluding hydrogens is 232 g/mol. The van der Waals surface area contributed by atoms with E-state index in [1.165, 1.54) is 11.1 Å². The Balaban J connectivity index is 2.11. The SMILES string of the molecule is O=C(Cl)CCc1ccc(-c2ccccc2)cc1. The predicted octanol–water partition coefficient (Wildman–Crippen LogP) is 4.05. The van der Waals surface area contributed by atoms with Gasteiger partial charge in [-0.3, -0.25) is 4.79 Å². The number of hydrogen-bond acceptors (Lipinski definition) is 1. The highest BCUT2D eigenvalue weighted by atomic mass is 35.5. The van der Waals surface area contributed by atoms with Crippen LogP contribution in [-0.2, 0) is 11.2 Å². The zero-order chi connectivity index (χ0) is 12.1. The summed E-state index contributed by atoms with van der Waals surface area (Å²) in [5.41, 5.74) is 3.53. The van der Waals surface area contributed by atoms with Gasteiger partial charge in [-0.05, 0) is 34.7 Å². The van der Waals surface area contributed by atoms with Crippen LogP contribution in [0.2, 0.25) is 0 Å². The van der Waals surface area contributed by atoms with E-state index in [0.717, 1.165) is 5.56 Å². The molecule has 0 aliphatic heterocycles. The second-order valence-corrected chi connectivity index (χ2v) is 4.34. The summed E-state index contributed by atoms with van der Waals surface area (Å²) in [5.74, 6) is 0. The van der Waals surface area contributed by atoms with E-state index >= 15 is 0 Å². The molecule has 0 bridgehead atoms. The van der Waals surface area contributed by atoms with Crippen LogP contribution in [0.3, 0.4) is 0 Å². The van der Waals surface area contributed by atoms with Crippen molar-refractivity contribution in [2.75, 3.05) is 0 Å². The maximum atomic E-state index is 10.7. The molecule has 17 heavy (non-hydrogen) atoms. The van der Waals surface area contributed by atoms with Crippen molar-refractivity contribution in [3.05, 3.63) is 60.2 Å². The first-order valence-corrected chi connectivity index (χ1v) is 5.96. The normalized spacial score (nSPS) is 10.2. The molecule has 0 spiro atoms. The Morgan fingerprint density at radius 1 is 0.882 bits per heavy atom. The number of carbonyl (C=O) groups excluding carboxylic acids is 1. The lowest BCUT2D eigenvalue weighted by atomic mass is 10.0. The molecule has 2 heteroatoms. The van der Waals surface area contributed by atoms with E-state index in [-0.39, 0.29) is 5.24 Å². The van der Waals surface area contributed by atoms with Crippen molar-refractivity contribution < 1.29 is 4.79 Å². The molecule has 0 unspecified atom stereocenters. The van der Waals surface area contributed by atoms with Gasteiger partial charge in [-0.1, -0.05) is 54.6 Å². The molecule has 86 valence electrons. The number of aryl methyl sites for hydroxylation is 1. The van der Waals surface area contributed by atoms with Gasteiger partial charge in [0, 0.05) is 6.42 Å². The lowest BCUT2D eigenvalue weighted by Crippen LogP contribution is -1.91. The van der Waals surface area contributed by atoms with Crippen LogP contribution in [0.25, 0.3) is 11.1 Å². The largest absolute Gasteiger partial charge is 0.281 e. The van der Waals surface area contributed by atoms with Gasteiger partial charge in [-0.25, -0.2) is 0 Å². The quantitative estimate of drug-likeness (QED) is 0.742. The van der Waals surface area contributed by atoms with Crippen molar-refractivity contribution in [3.63, 3.8) is 0 Å². The first kappa shape index (κ1) is 11.9. The minimum Gasteiger partial charge on any atom is -0.281 e. The lowest BCUT2D eigenvalue weighted by Gasteiger charge is -2.03. The van der Waals surface area contributed by atoms with Crippen LogP contribution in [0.4, 0.5) is 0 Å². The summed E-state index contributed by atoms with van der Waals surface area (Å²) in [5, 5.41) is -0.280. The Bertz CT molecular complexity index is 488. The fraction of sp³-hybridized carbons (Fsp3) is 0.133. The first-order valence-electron chi connectivity index (χ1n) is 5.58.